The van der Waals surface area contributed by atoms with E-state index in [9.17, 15) is 5.11 Å². The molecule has 0 bridgehead atoms. The summed E-state index contributed by atoms with van der Waals surface area (Å²) in [4.78, 5) is 0. The van der Waals surface area contributed by atoms with Gasteiger partial charge >= 0.3 is 0 Å². The van der Waals surface area contributed by atoms with Crippen LogP contribution in [0.1, 0.15) is 18.1 Å². The van der Waals surface area contributed by atoms with E-state index in [4.69, 9.17) is 9.47 Å². The molecule has 0 heterocycles. The normalized spacial score (nSPS) is 10.4. The van der Waals surface area contributed by atoms with Gasteiger partial charge in [0, 0.05) is 13.1 Å². The number of phenols is 1. The summed E-state index contributed by atoms with van der Waals surface area (Å²) in [5.74, 6) is 1.80. The lowest BCUT2D eigenvalue weighted by atomic mass is 10.2. The number of nitrogens with one attached hydrogen (secondary N) is 1. The van der Waals surface area contributed by atoms with Gasteiger partial charge in [-0.15, -0.1) is 0 Å². The molecule has 4 heteroatoms. The minimum Gasteiger partial charge on any atom is -0.508 e. The second-order valence-corrected chi connectivity index (χ2v) is 4.69. The highest BCUT2D eigenvalue weighted by Gasteiger charge is 2.05. The van der Waals surface area contributed by atoms with Crippen LogP contribution in [0.25, 0.3) is 0 Å². The van der Waals surface area contributed by atoms with E-state index in [1.54, 1.807) is 19.2 Å². The molecule has 0 atom stereocenters. The van der Waals surface area contributed by atoms with Gasteiger partial charge in [0.2, 0.25) is 0 Å². The molecule has 0 fully saturated rings. The SMILES string of the molecule is CCOc1cc(CNCc2ccc(O)cc2)ccc1OC. The summed E-state index contributed by atoms with van der Waals surface area (Å²) >= 11 is 0. The van der Waals surface area contributed by atoms with E-state index in [-0.39, 0.29) is 5.75 Å². The molecule has 2 N–H and O–H groups in total. The molecule has 4 nitrogen and oxygen atoms in total. The lowest BCUT2D eigenvalue weighted by Gasteiger charge is -2.11. The Kier molecular flexibility index (Phi) is 5.46. The van der Waals surface area contributed by atoms with Gasteiger partial charge in [-0.25, -0.2) is 0 Å². The van der Waals surface area contributed by atoms with Crippen molar-refractivity contribution in [3.63, 3.8) is 0 Å². The van der Waals surface area contributed by atoms with Crippen molar-refractivity contribution in [2.45, 2.75) is 20.0 Å². The van der Waals surface area contributed by atoms with Gasteiger partial charge in [0.1, 0.15) is 5.75 Å². The van der Waals surface area contributed by atoms with E-state index in [1.165, 1.54) is 0 Å². The average Bonchev–Trinajstić information content (AvgIpc) is 2.50. The molecular formula is C17H21NO3. The lowest BCUT2D eigenvalue weighted by molar-refractivity contribution is 0.310. The average molecular weight is 287 g/mol. The van der Waals surface area contributed by atoms with Crippen LogP contribution in [0.3, 0.4) is 0 Å². The lowest BCUT2D eigenvalue weighted by Crippen LogP contribution is -2.12. The summed E-state index contributed by atoms with van der Waals surface area (Å²) in [5.41, 5.74) is 2.27. The summed E-state index contributed by atoms with van der Waals surface area (Å²) < 4.78 is 10.8. The minimum absolute atomic E-state index is 0.287. The highest BCUT2D eigenvalue weighted by molar-refractivity contribution is 5.43. The molecule has 0 aliphatic carbocycles. The number of ether oxygens (including phenoxy) is 2. The standard InChI is InChI=1S/C17H21NO3/c1-3-21-17-10-14(6-9-16(17)20-2)12-18-11-13-4-7-15(19)8-5-13/h4-10,18-19H,3,11-12H2,1-2H3. The molecule has 0 aliphatic rings. The fourth-order valence-electron chi connectivity index (χ4n) is 2.06. The molecule has 0 aliphatic heterocycles. The largest absolute Gasteiger partial charge is 0.508 e. The Bertz CT molecular complexity index is 567. The Morgan fingerprint density at radius 1 is 0.952 bits per heavy atom. The number of hydrogen-bond acceptors (Lipinski definition) is 4. The van der Waals surface area contributed by atoms with Crippen molar-refractivity contribution >= 4 is 0 Å². The molecule has 0 radical (unpaired) electrons. The maximum atomic E-state index is 9.24. The molecule has 0 unspecified atom stereocenters. The summed E-state index contributed by atoms with van der Waals surface area (Å²) in [6.07, 6.45) is 0. The van der Waals surface area contributed by atoms with Crippen molar-refractivity contribution in [1.82, 2.24) is 5.32 Å². The van der Waals surface area contributed by atoms with E-state index in [0.717, 1.165) is 35.7 Å². The van der Waals surface area contributed by atoms with Crippen LogP contribution in [0.2, 0.25) is 0 Å². The molecule has 0 aromatic heterocycles. The molecule has 2 aromatic rings. The molecule has 0 saturated heterocycles. The maximum absolute atomic E-state index is 9.24. The van der Waals surface area contributed by atoms with Crippen molar-refractivity contribution in [3.8, 4) is 17.2 Å². The minimum atomic E-state index is 0.287. The zero-order valence-corrected chi connectivity index (χ0v) is 12.4. The molecule has 112 valence electrons. The van der Waals surface area contributed by atoms with Crippen LogP contribution in [0.5, 0.6) is 17.2 Å². The van der Waals surface area contributed by atoms with Crippen molar-refractivity contribution in [3.05, 3.63) is 53.6 Å². The third kappa shape index (κ3) is 4.39. The maximum Gasteiger partial charge on any atom is 0.161 e. The number of aromatic hydroxyl groups is 1. The Hall–Kier alpha value is -2.20. The first-order valence-electron chi connectivity index (χ1n) is 7.01. The highest BCUT2D eigenvalue weighted by Crippen LogP contribution is 2.28. The van der Waals surface area contributed by atoms with E-state index in [1.807, 2.05) is 37.3 Å². The number of hydrogen-bond donors (Lipinski definition) is 2. The second kappa shape index (κ2) is 7.55. The van der Waals surface area contributed by atoms with Crippen LogP contribution in [-0.4, -0.2) is 18.8 Å². The zero-order valence-electron chi connectivity index (χ0n) is 12.4. The molecule has 0 saturated carbocycles. The van der Waals surface area contributed by atoms with E-state index in [0.29, 0.717) is 6.61 Å². The Morgan fingerprint density at radius 3 is 2.29 bits per heavy atom. The molecule has 2 aromatic carbocycles. The Morgan fingerprint density at radius 2 is 1.62 bits per heavy atom. The Labute approximate surface area is 125 Å². The number of methoxy groups -OCH3 is 1. The third-order valence-electron chi connectivity index (χ3n) is 3.12. The quantitative estimate of drug-likeness (QED) is 0.821. The van der Waals surface area contributed by atoms with Gasteiger partial charge in [-0.1, -0.05) is 18.2 Å². The summed E-state index contributed by atoms with van der Waals surface area (Å²) in [6.45, 7) is 4.05. The van der Waals surface area contributed by atoms with E-state index < -0.39 is 0 Å². The Balaban J connectivity index is 1.93. The predicted octanol–water partition coefficient (Wildman–Crippen LogP) is 3.09. The predicted molar refractivity (Wildman–Crippen MR) is 82.8 cm³/mol. The van der Waals surface area contributed by atoms with Gasteiger partial charge in [-0.05, 0) is 42.3 Å². The monoisotopic (exact) mass is 287 g/mol. The van der Waals surface area contributed by atoms with E-state index >= 15 is 0 Å². The molecule has 0 spiro atoms. The van der Waals surface area contributed by atoms with Crippen LogP contribution in [-0.2, 0) is 13.1 Å². The first-order valence-corrected chi connectivity index (χ1v) is 7.01. The third-order valence-corrected chi connectivity index (χ3v) is 3.12. The molecular weight excluding hydrogens is 266 g/mol. The van der Waals surface area contributed by atoms with Gasteiger partial charge in [0.25, 0.3) is 0 Å². The van der Waals surface area contributed by atoms with Gasteiger partial charge in [0.05, 0.1) is 13.7 Å². The fourth-order valence-corrected chi connectivity index (χ4v) is 2.06. The van der Waals surface area contributed by atoms with Crippen LogP contribution in [0, 0.1) is 0 Å². The number of rotatable bonds is 7. The van der Waals surface area contributed by atoms with Crippen molar-refractivity contribution in [1.29, 1.82) is 0 Å². The first kappa shape index (κ1) is 15.2. The van der Waals surface area contributed by atoms with Crippen molar-refractivity contribution in [2.24, 2.45) is 0 Å². The van der Waals surface area contributed by atoms with Gasteiger partial charge < -0.3 is 19.9 Å². The summed E-state index contributed by atoms with van der Waals surface area (Å²) in [7, 11) is 1.64. The van der Waals surface area contributed by atoms with Crippen molar-refractivity contribution in [2.75, 3.05) is 13.7 Å². The highest BCUT2D eigenvalue weighted by atomic mass is 16.5. The second-order valence-electron chi connectivity index (χ2n) is 4.69. The number of phenolic OH excluding ortho intramolecular Hbond substituents is 1. The van der Waals surface area contributed by atoms with Crippen LogP contribution >= 0.6 is 0 Å². The van der Waals surface area contributed by atoms with Gasteiger partial charge in [-0.2, -0.15) is 0 Å². The van der Waals surface area contributed by atoms with Crippen LogP contribution in [0.15, 0.2) is 42.5 Å². The smallest absolute Gasteiger partial charge is 0.161 e. The topological polar surface area (TPSA) is 50.7 Å². The summed E-state index contributed by atoms with van der Waals surface area (Å²) in [6, 6.07) is 13.1. The van der Waals surface area contributed by atoms with Crippen molar-refractivity contribution < 1.29 is 14.6 Å². The van der Waals surface area contributed by atoms with Gasteiger partial charge in [-0.3, -0.25) is 0 Å². The first-order chi connectivity index (χ1) is 10.2. The number of benzene rings is 2. The fraction of sp³-hybridized carbons (Fsp3) is 0.294. The zero-order chi connectivity index (χ0) is 15.1. The van der Waals surface area contributed by atoms with E-state index in [2.05, 4.69) is 5.32 Å². The van der Waals surface area contributed by atoms with Gasteiger partial charge in [0.15, 0.2) is 11.5 Å². The molecule has 0 amide bonds. The molecule has 21 heavy (non-hydrogen) atoms. The summed E-state index contributed by atoms with van der Waals surface area (Å²) in [5, 5.41) is 12.6. The molecule has 2 rings (SSSR count). The van der Waals surface area contributed by atoms with Crippen LogP contribution in [0.4, 0.5) is 0 Å². The van der Waals surface area contributed by atoms with Crippen LogP contribution < -0.4 is 14.8 Å².